The molecule has 0 saturated heterocycles. The highest BCUT2D eigenvalue weighted by atomic mass is 16.5. The van der Waals surface area contributed by atoms with Gasteiger partial charge in [0.2, 0.25) is 0 Å². The Morgan fingerprint density at radius 1 is 1.12 bits per heavy atom. The van der Waals surface area contributed by atoms with Gasteiger partial charge in [-0.2, -0.15) is 0 Å². The molecule has 126 valence electrons. The fraction of sp³-hybridized carbons (Fsp3) is 0.368. The Kier molecular flexibility index (Phi) is 5.43. The molecular formula is C19H22N2O3. The lowest BCUT2D eigenvalue weighted by Crippen LogP contribution is -2.38. The predicted octanol–water partition coefficient (Wildman–Crippen LogP) is 3.15. The molecule has 0 radical (unpaired) electrons. The molecule has 2 aromatic rings. The summed E-state index contributed by atoms with van der Waals surface area (Å²) in [6.45, 7) is 0.237. The maximum absolute atomic E-state index is 12.4. The molecule has 5 nitrogen and oxygen atoms in total. The van der Waals surface area contributed by atoms with Crippen molar-refractivity contribution in [3.8, 4) is 11.5 Å². The highest BCUT2D eigenvalue weighted by Crippen LogP contribution is 2.24. The number of aliphatic hydroxyl groups excluding tert-OH is 1. The zero-order valence-electron chi connectivity index (χ0n) is 13.5. The second-order valence-corrected chi connectivity index (χ2v) is 6.17. The van der Waals surface area contributed by atoms with Crippen molar-refractivity contribution in [1.29, 1.82) is 0 Å². The van der Waals surface area contributed by atoms with E-state index in [4.69, 9.17) is 4.74 Å². The number of aromatic nitrogens is 1. The van der Waals surface area contributed by atoms with Gasteiger partial charge in [0.25, 0.3) is 5.91 Å². The van der Waals surface area contributed by atoms with E-state index in [-0.39, 0.29) is 18.6 Å². The van der Waals surface area contributed by atoms with Gasteiger partial charge in [0.05, 0.1) is 0 Å². The molecule has 2 N–H and O–H groups in total. The summed E-state index contributed by atoms with van der Waals surface area (Å²) in [6, 6.07) is 13.0. The van der Waals surface area contributed by atoms with Crippen LogP contribution in [0.3, 0.4) is 0 Å². The lowest BCUT2D eigenvalue weighted by molar-refractivity contribution is 0.0908. The van der Waals surface area contributed by atoms with Crippen LogP contribution in [0.5, 0.6) is 11.5 Å². The molecule has 1 fully saturated rings. The maximum Gasteiger partial charge on any atom is 0.270 e. The fourth-order valence-electron chi connectivity index (χ4n) is 2.97. The minimum atomic E-state index is -0.180. The normalized spacial score (nSPS) is 20.4. The molecule has 1 aromatic heterocycles. The molecule has 0 aliphatic heterocycles. The van der Waals surface area contributed by atoms with Crippen molar-refractivity contribution in [2.45, 2.75) is 31.7 Å². The van der Waals surface area contributed by atoms with E-state index < -0.39 is 0 Å². The van der Waals surface area contributed by atoms with Gasteiger partial charge in [0.15, 0.2) is 0 Å². The van der Waals surface area contributed by atoms with Gasteiger partial charge >= 0.3 is 0 Å². The van der Waals surface area contributed by atoms with E-state index in [0.29, 0.717) is 17.4 Å². The number of hydrogen-bond donors (Lipinski definition) is 2. The number of ether oxygens (including phenoxy) is 1. The Labute approximate surface area is 141 Å². The first-order chi connectivity index (χ1) is 11.7. The predicted molar refractivity (Wildman–Crippen MR) is 91.1 cm³/mol. The molecule has 1 aromatic carbocycles. The van der Waals surface area contributed by atoms with Crippen LogP contribution in [0.25, 0.3) is 0 Å². The molecule has 1 aliphatic rings. The van der Waals surface area contributed by atoms with Crippen molar-refractivity contribution < 1.29 is 14.6 Å². The summed E-state index contributed by atoms with van der Waals surface area (Å²) in [5, 5.41) is 12.2. The Bertz CT molecular complexity index is 667. The van der Waals surface area contributed by atoms with E-state index in [1.165, 1.54) is 0 Å². The van der Waals surface area contributed by atoms with Crippen LogP contribution < -0.4 is 10.1 Å². The first-order valence-electron chi connectivity index (χ1n) is 8.35. The highest BCUT2D eigenvalue weighted by molar-refractivity contribution is 5.92. The first kappa shape index (κ1) is 16.5. The molecule has 1 amide bonds. The number of benzene rings is 1. The first-order valence-corrected chi connectivity index (χ1v) is 8.35. The maximum atomic E-state index is 12.4. The minimum Gasteiger partial charge on any atom is -0.457 e. The lowest BCUT2D eigenvalue weighted by atomic mass is 9.86. The average molecular weight is 326 g/mol. The third-order valence-electron chi connectivity index (χ3n) is 4.38. The standard InChI is InChI=1S/C19H22N2O3/c22-13-14-6-8-15(9-7-14)21-19(23)18-12-17(10-11-20-18)24-16-4-2-1-3-5-16/h1-5,10-12,14-15,22H,6-9,13H2,(H,21,23). The Balaban J connectivity index is 1.60. The van der Waals surface area contributed by atoms with E-state index >= 15 is 0 Å². The van der Waals surface area contributed by atoms with Crippen molar-refractivity contribution in [3.63, 3.8) is 0 Å². The Morgan fingerprint density at radius 2 is 1.88 bits per heavy atom. The number of carbonyl (C=O) groups excluding carboxylic acids is 1. The summed E-state index contributed by atoms with van der Waals surface area (Å²) in [5.74, 6) is 1.50. The van der Waals surface area contributed by atoms with Gasteiger partial charge in [0.1, 0.15) is 17.2 Å². The highest BCUT2D eigenvalue weighted by Gasteiger charge is 2.22. The smallest absolute Gasteiger partial charge is 0.270 e. The van der Waals surface area contributed by atoms with Crippen LogP contribution >= 0.6 is 0 Å². The molecule has 0 unspecified atom stereocenters. The second-order valence-electron chi connectivity index (χ2n) is 6.17. The summed E-state index contributed by atoms with van der Waals surface area (Å²) in [6.07, 6.45) is 5.28. The second kappa shape index (κ2) is 7.93. The van der Waals surface area contributed by atoms with Gasteiger partial charge in [-0.1, -0.05) is 18.2 Å². The number of hydrogen-bond acceptors (Lipinski definition) is 4. The number of pyridine rings is 1. The minimum absolute atomic E-state index is 0.154. The summed E-state index contributed by atoms with van der Waals surface area (Å²) < 4.78 is 5.74. The molecule has 3 rings (SSSR count). The number of para-hydroxylation sites is 1. The van der Waals surface area contributed by atoms with Gasteiger partial charge in [-0.05, 0) is 49.8 Å². The third kappa shape index (κ3) is 4.32. The Morgan fingerprint density at radius 3 is 2.58 bits per heavy atom. The molecule has 0 bridgehead atoms. The summed E-state index contributed by atoms with van der Waals surface area (Å²) in [7, 11) is 0. The van der Waals surface area contributed by atoms with E-state index in [9.17, 15) is 9.90 Å². The zero-order chi connectivity index (χ0) is 16.8. The van der Waals surface area contributed by atoms with Crippen molar-refractivity contribution >= 4 is 5.91 Å². The van der Waals surface area contributed by atoms with Crippen molar-refractivity contribution in [2.24, 2.45) is 5.92 Å². The summed E-state index contributed by atoms with van der Waals surface area (Å²) in [4.78, 5) is 16.5. The quantitative estimate of drug-likeness (QED) is 0.885. The molecule has 0 spiro atoms. The van der Waals surface area contributed by atoms with Gasteiger partial charge in [0, 0.05) is 24.9 Å². The van der Waals surface area contributed by atoms with Gasteiger partial charge in [-0.3, -0.25) is 9.78 Å². The number of amides is 1. The van der Waals surface area contributed by atoms with Gasteiger partial charge in [-0.15, -0.1) is 0 Å². The van der Waals surface area contributed by atoms with E-state index in [2.05, 4.69) is 10.3 Å². The molecule has 1 heterocycles. The molecule has 1 saturated carbocycles. The van der Waals surface area contributed by atoms with E-state index in [1.807, 2.05) is 30.3 Å². The topological polar surface area (TPSA) is 71.5 Å². The van der Waals surface area contributed by atoms with Crippen LogP contribution in [0.1, 0.15) is 36.2 Å². The zero-order valence-corrected chi connectivity index (χ0v) is 13.5. The molecule has 24 heavy (non-hydrogen) atoms. The average Bonchev–Trinajstić information content (AvgIpc) is 2.63. The van der Waals surface area contributed by atoms with Gasteiger partial charge in [-0.25, -0.2) is 0 Å². The Hall–Kier alpha value is -2.40. The number of rotatable bonds is 5. The van der Waals surface area contributed by atoms with Crippen molar-refractivity contribution in [2.75, 3.05) is 6.61 Å². The van der Waals surface area contributed by atoms with Crippen LogP contribution in [0, 0.1) is 5.92 Å². The monoisotopic (exact) mass is 326 g/mol. The third-order valence-corrected chi connectivity index (χ3v) is 4.38. The van der Waals surface area contributed by atoms with Crippen molar-refractivity contribution in [3.05, 3.63) is 54.4 Å². The fourth-order valence-corrected chi connectivity index (χ4v) is 2.97. The molecule has 5 heteroatoms. The summed E-state index contributed by atoms with van der Waals surface area (Å²) in [5.41, 5.74) is 0.354. The van der Waals surface area contributed by atoms with Crippen molar-refractivity contribution in [1.82, 2.24) is 10.3 Å². The summed E-state index contributed by atoms with van der Waals surface area (Å²) >= 11 is 0. The van der Waals surface area contributed by atoms with E-state index in [1.54, 1.807) is 18.3 Å². The van der Waals surface area contributed by atoms with Gasteiger partial charge < -0.3 is 15.2 Å². The number of nitrogens with zero attached hydrogens (tertiary/aromatic N) is 1. The van der Waals surface area contributed by atoms with Crippen LogP contribution in [0.15, 0.2) is 48.7 Å². The van der Waals surface area contributed by atoms with Crippen LogP contribution in [0.4, 0.5) is 0 Å². The molecular weight excluding hydrogens is 304 g/mol. The number of aliphatic hydroxyl groups is 1. The molecule has 1 aliphatic carbocycles. The van der Waals surface area contributed by atoms with E-state index in [0.717, 1.165) is 31.4 Å². The number of carbonyl (C=O) groups is 1. The lowest BCUT2D eigenvalue weighted by Gasteiger charge is -2.27. The number of nitrogens with one attached hydrogen (secondary N) is 1. The molecule has 0 atom stereocenters. The largest absolute Gasteiger partial charge is 0.457 e. The SMILES string of the molecule is O=C(NC1CCC(CO)CC1)c1cc(Oc2ccccc2)ccn1. The van der Waals surface area contributed by atoms with Crippen LogP contribution in [0.2, 0.25) is 0 Å². The van der Waals surface area contributed by atoms with Crippen LogP contribution in [-0.4, -0.2) is 28.6 Å². The van der Waals surface area contributed by atoms with Crippen LogP contribution in [-0.2, 0) is 0 Å².